The van der Waals surface area contributed by atoms with Crippen LogP contribution in [0.3, 0.4) is 0 Å². The molecule has 0 unspecified atom stereocenters. The van der Waals surface area contributed by atoms with Gasteiger partial charge in [-0.05, 0) is 48.3 Å². The van der Waals surface area contributed by atoms with Gasteiger partial charge < -0.3 is 4.43 Å². The van der Waals surface area contributed by atoms with Crippen LogP contribution >= 0.6 is 15.9 Å². The van der Waals surface area contributed by atoms with Crippen LogP contribution in [0.1, 0.15) is 31.9 Å². The third-order valence-corrected chi connectivity index (χ3v) is 8.61. The van der Waals surface area contributed by atoms with E-state index < -0.39 is 8.32 Å². The molecule has 0 radical (unpaired) electrons. The van der Waals surface area contributed by atoms with Crippen LogP contribution in [0.4, 0.5) is 0 Å². The molecule has 0 saturated heterocycles. The van der Waals surface area contributed by atoms with E-state index in [1.54, 1.807) is 0 Å². The van der Waals surface area contributed by atoms with Crippen molar-refractivity contribution in [3.8, 4) is 5.75 Å². The second kappa shape index (κ2) is 5.15. The molecule has 0 aliphatic rings. The van der Waals surface area contributed by atoms with E-state index in [1.165, 1.54) is 11.1 Å². The van der Waals surface area contributed by atoms with Crippen LogP contribution in [-0.4, -0.2) is 8.32 Å². The van der Waals surface area contributed by atoms with E-state index >= 15 is 0 Å². The molecule has 0 saturated carbocycles. The van der Waals surface area contributed by atoms with Crippen LogP contribution in [0.5, 0.6) is 5.75 Å². The molecular weight excluding hydrogens is 292 g/mol. The molecule has 17 heavy (non-hydrogen) atoms. The lowest BCUT2D eigenvalue weighted by Gasteiger charge is -2.36. The number of alkyl halides is 1. The van der Waals surface area contributed by atoms with Crippen molar-refractivity contribution in [2.24, 2.45) is 0 Å². The molecule has 0 amide bonds. The quantitative estimate of drug-likeness (QED) is 0.545. The standard InChI is InChI=1S/C14H23BrOSi/c1-11-7-8-13(9-12(11)10-15)16-17(5,6)14(2,3)4/h7-9H,10H2,1-6H3. The molecule has 0 bridgehead atoms. The van der Waals surface area contributed by atoms with Crippen molar-refractivity contribution in [3.63, 3.8) is 0 Å². The zero-order valence-corrected chi connectivity index (χ0v) is 14.3. The Kier molecular flexibility index (Phi) is 4.47. The van der Waals surface area contributed by atoms with Crippen LogP contribution in [-0.2, 0) is 5.33 Å². The number of rotatable bonds is 3. The van der Waals surface area contributed by atoms with E-state index in [-0.39, 0.29) is 5.04 Å². The first-order chi connectivity index (χ1) is 7.67. The maximum absolute atomic E-state index is 6.28. The van der Waals surface area contributed by atoms with Crippen LogP contribution in [0, 0.1) is 6.92 Å². The Bertz CT molecular complexity index is 394. The summed E-state index contributed by atoms with van der Waals surface area (Å²) in [6.45, 7) is 13.5. The van der Waals surface area contributed by atoms with E-state index in [1.807, 2.05) is 0 Å². The average Bonchev–Trinajstić information content (AvgIpc) is 2.19. The Morgan fingerprint density at radius 1 is 1.24 bits per heavy atom. The Morgan fingerprint density at radius 2 is 1.82 bits per heavy atom. The van der Waals surface area contributed by atoms with Crippen LogP contribution in [0.2, 0.25) is 18.1 Å². The van der Waals surface area contributed by atoms with Gasteiger partial charge in [-0.1, -0.05) is 42.8 Å². The lowest BCUT2D eigenvalue weighted by atomic mass is 10.1. The van der Waals surface area contributed by atoms with Gasteiger partial charge in [-0.15, -0.1) is 0 Å². The van der Waals surface area contributed by atoms with E-state index in [4.69, 9.17) is 4.43 Å². The van der Waals surface area contributed by atoms with Gasteiger partial charge >= 0.3 is 0 Å². The number of aryl methyl sites for hydroxylation is 1. The summed E-state index contributed by atoms with van der Waals surface area (Å²) in [6.07, 6.45) is 0. The summed E-state index contributed by atoms with van der Waals surface area (Å²) in [4.78, 5) is 0. The second-order valence-electron chi connectivity index (χ2n) is 6.08. The molecule has 3 heteroatoms. The fourth-order valence-electron chi connectivity index (χ4n) is 1.30. The van der Waals surface area contributed by atoms with Crippen LogP contribution in [0.25, 0.3) is 0 Å². The molecule has 1 rings (SSSR count). The predicted molar refractivity (Wildman–Crippen MR) is 81.6 cm³/mol. The van der Waals surface area contributed by atoms with E-state index in [0.29, 0.717) is 0 Å². The SMILES string of the molecule is Cc1ccc(O[Si](C)(C)C(C)(C)C)cc1CBr. The first-order valence-electron chi connectivity index (χ1n) is 6.02. The molecule has 0 fully saturated rings. The van der Waals surface area contributed by atoms with Gasteiger partial charge in [0.1, 0.15) is 5.75 Å². The van der Waals surface area contributed by atoms with Crippen molar-refractivity contribution in [1.82, 2.24) is 0 Å². The highest BCUT2D eigenvalue weighted by atomic mass is 79.9. The molecule has 0 aliphatic carbocycles. The number of halogens is 1. The van der Waals surface area contributed by atoms with Crippen molar-refractivity contribution >= 4 is 24.2 Å². The monoisotopic (exact) mass is 314 g/mol. The molecule has 0 aliphatic heterocycles. The first kappa shape index (κ1) is 14.8. The molecule has 0 heterocycles. The highest BCUT2D eigenvalue weighted by Gasteiger charge is 2.38. The molecule has 1 aromatic carbocycles. The van der Waals surface area contributed by atoms with Crippen LogP contribution < -0.4 is 4.43 Å². The zero-order chi connectivity index (χ0) is 13.3. The summed E-state index contributed by atoms with van der Waals surface area (Å²) >= 11 is 3.52. The van der Waals surface area contributed by atoms with Gasteiger partial charge in [-0.25, -0.2) is 0 Å². The maximum atomic E-state index is 6.28. The predicted octanol–water partition coefficient (Wildman–Crippen LogP) is 5.27. The van der Waals surface area contributed by atoms with Gasteiger partial charge in [-0.2, -0.15) is 0 Å². The van der Waals surface area contributed by atoms with Gasteiger partial charge in [0.25, 0.3) is 0 Å². The number of hydrogen-bond acceptors (Lipinski definition) is 1. The average molecular weight is 315 g/mol. The van der Waals surface area contributed by atoms with Crippen molar-refractivity contribution in [2.45, 2.75) is 51.2 Å². The minimum Gasteiger partial charge on any atom is -0.543 e. The zero-order valence-electron chi connectivity index (χ0n) is 11.7. The van der Waals surface area contributed by atoms with E-state index in [9.17, 15) is 0 Å². The summed E-state index contributed by atoms with van der Waals surface area (Å²) in [6, 6.07) is 6.38. The lowest BCUT2D eigenvalue weighted by molar-refractivity contribution is 0.491. The fraction of sp³-hybridized carbons (Fsp3) is 0.571. The Morgan fingerprint density at radius 3 is 2.29 bits per heavy atom. The largest absolute Gasteiger partial charge is 0.543 e. The Hall–Kier alpha value is -0.283. The van der Waals surface area contributed by atoms with E-state index in [0.717, 1.165) is 11.1 Å². The Labute approximate surface area is 115 Å². The van der Waals surface area contributed by atoms with Gasteiger partial charge in [0.15, 0.2) is 0 Å². The molecule has 96 valence electrons. The minimum atomic E-state index is -1.71. The third kappa shape index (κ3) is 3.59. The van der Waals surface area contributed by atoms with Crippen molar-refractivity contribution in [3.05, 3.63) is 29.3 Å². The summed E-state index contributed by atoms with van der Waals surface area (Å²) in [5, 5.41) is 1.12. The van der Waals surface area contributed by atoms with Crippen LogP contribution in [0.15, 0.2) is 18.2 Å². The summed E-state index contributed by atoms with van der Waals surface area (Å²) in [7, 11) is -1.71. The molecular formula is C14H23BrOSi. The highest BCUT2D eigenvalue weighted by Crippen LogP contribution is 2.37. The number of hydrogen-bond donors (Lipinski definition) is 0. The smallest absolute Gasteiger partial charge is 0.250 e. The molecule has 0 N–H and O–H groups in total. The van der Waals surface area contributed by atoms with Gasteiger partial charge in [0.2, 0.25) is 8.32 Å². The molecule has 0 aromatic heterocycles. The Balaban J connectivity index is 2.96. The molecule has 0 atom stereocenters. The van der Waals surface area contributed by atoms with Crippen molar-refractivity contribution < 1.29 is 4.43 Å². The maximum Gasteiger partial charge on any atom is 0.250 e. The number of benzene rings is 1. The molecule has 0 spiro atoms. The molecule has 1 aromatic rings. The third-order valence-electron chi connectivity index (χ3n) is 3.64. The lowest BCUT2D eigenvalue weighted by Crippen LogP contribution is -2.43. The van der Waals surface area contributed by atoms with Gasteiger partial charge in [0, 0.05) is 5.33 Å². The van der Waals surface area contributed by atoms with Gasteiger partial charge in [0.05, 0.1) is 0 Å². The van der Waals surface area contributed by atoms with Crippen molar-refractivity contribution in [2.75, 3.05) is 0 Å². The highest BCUT2D eigenvalue weighted by molar-refractivity contribution is 9.08. The van der Waals surface area contributed by atoms with Crippen molar-refractivity contribution in [1.29, 1.82) is 0 Å². The summed E-state index contributed by atoms with van der Waals surface area (Å²) in [5.74, 6) is 1.01. The first-order valence-corrected chi connectivity index (χ1v) is 10.0. The minimum absolute atomic E-state index is 0.243. The molecule has 1 nitrogen and oxygen atoms in total. The second-order valence-corrected chi connectivity index (χ2v) is 11.4. The topological polar surface area (TPSA) is 9.23 Å². The van der Waals surface area contributed by atoms with E-state index in [2.05, 4.69) is 74.9 Å². The summed E-state index contributed by atoms with van der Waals surface area (Å²) < 4.78 is 6.28. The van der Waals surface area contributed by atoms with Gasteiger partial charge in [-0.3, -0.25) is 0 Å². The normalized spacial score (nSPS) is 12.6. The summed E-state index contributed by atoms with van der Waals surface area (Å²) in [5.41, 5.74) is 2.62. The fourth-order valence-corrected chi connectivity index (χ4v) is 2.93.